The lowest BCUT2D eigenvalue weighted by atomic mass is 10.1. The number of hydrazine groups is 1. The van der Waals surface area contributed by atoms with Crippen LogP contribution in [0.15, 0.2) is 77.4 Å². The van der Waals surface area contributed by atoms with Gasteiger partial charge in [-0.1, -0.05) is 30.3 Å². The number of anilines is 1. The highest BCUT2D eigenvalue weighted by Crippen LogP contribution is 2.18. The van der Waals surface area contributed by atoms with Crippen LogP contribution in [0.25, 0.3) is 0 Å². The second-order valence-corrected chi connectivity index (χ2v) is 6.34. The third-order valence-corrected chi connectivity index (χ3v) is 4.17. The molecule has 0 fully saturated rings. The molecule has 8 heteroatoms. The molecule has 0 bridgehead atoms. The lowest BCUT2D eigenvalue weighted by molar-refractivity contribution is -0.129. The molecule has 30 heavy (non-hydrogen) atoms. The minimum atomic E-state index is -1.12. The number of amides is 2. The fraction of sp³-hybridized carbons (Fsp3) is 0.136. The van der Waals surface area contributed by atoms with E-state index in [1.165, 1.54) is 6.92 Å². The number of carbonyl (C=O) groups is 3. The van der Waals surface area contributed by atoms with Crippen molar-refractivity contribution in [3.05, 3.63) is 89.9 Å². The van der Waals surface area contributed by atoms with E-state index in [2.05, 4.69) is 16.2 Å². The highest BCUT2D eigenvalue weighted by molar-refractivity contribution is 5.98. The van der Waals surface area contributed by atoms with E-state index in [4.69, 9.17) is 9.15 Å². The van der Waals surface area contributed by atoms with E-state index in [9.17, 15) is 14.4 Å². The average Bonchev–Trinajstić information content (AvgIpc) is 3.30. The molecule has 3 aromatic rings. The van der Waals surface area contributed by atoms with Gasteiger partial charge >= 0.3 is 5.97 Å². The van der Waals surface area contributed by atoms with Gasteiger partial charge in [0.25, 0.3) is 11.8 Å². The summed E-state index contributed by atoms with van der Waals surface area (Å²) in [6, 6.07) is 18.8. The summed E-state index contributed by atoms with van der Waals surface area (Å²) < 4.78 is 10.5. The third-order valence-electron chi connectivity index (χ3n) is 4.17. The largest absolute Gasteiger partial charge is 0.467 e. The Morgan fingerprint density at radius 2 is 1.67 bits per heavy atom. The molecular formula is C22H21N3O5. The summed E-state index contributed by atoms with van der Waals surface area (Å²) in [5.74, 6) is -1.10. The van der Waals surface area contributed by atoms with Crippen molar-refractivity contribution < 1.29 is 23.5 Å². The number of hydrogen-bond donors (Lipinski definition) is 3. The molecular weight excluding hydrogens is 386 g/mol. The molecule has 8 nitrogen and oxygen atoms in total. The topological polar surface area (TPSA) is 110 Å². The summed E-state index contributed by atoms with van der Waals surface area (Å²) in [6.07, 6.45) is 0.445. The van der Waals surface area contributed by atoms with Gasteiger partial charge in [0.2, 0.25) is 0 Å². The van der Waals surface area contributed by atoms with Crippen molar-refractivity contribution in [3.8, 4) is 0 Å². The maximum absolute atomic E-state index is 12.5. The van der Waals surface area contributed by atoms with E-state index in [0.29, 0.717) is 23.6 Å². The van der Waals surface area contributed by atoms with Gasteiger partial charge in [0.1, 0.15) is 5.76 Å². The monoisotopic (exact) mass is 407 g/mol. The Kier molecular flexibility index (Phi) is 6.83. The molecule has 154 valence electrons. The number of nitrogens with one attached hydrogen (secondary N) is 3. The van der Waals surface area contributed by atoms with Gasteiger partial charge in [-0.15, -0.1) is 0 Å². The predicted octanol–water partition coefficient (Wildman–Crippen LogP) is 2.90. The molecule has 0 aliphatic rings. The Hall–Kier alpha value is -4.07. The second-order valence-electron chi connectivity index (χ2n) is 6.34. The van der Waals surface area contributed by atoms with Crippen molar-refractivity contribution in [1.82, 2.24) is 10.9 Å². The molecule has 0 saturated heterocycles. The van der Waals surface area contributed by atoms with Gasteiger partial charge in [-0.2, -0.15) is 0 Å². The summed E-state index contributed by atoms with van der Waals surface area (Å²) in [5, 5.41) is 3.11. The van der Waals surface area contributed by atoms with Crippen LogP contribution in [0.4, 0.5) is 5.69 Å². The molecule has 0 spiro atoms. The van der Waals surface area contributed by atoms with Crippen molar-refractivity contribution in [2.45, 2.75) is 19.6 Å². The van der Waals surface area contributed by atoms with Gasteiger partial charge in [-0.25, -0.2) is 4.79 Å². The van der Waals surface area contributed by atoms with Crippen LogP contribution in [0.3, 0.4) is 0 Å². The van der Waals surface area contributed by atoms with Crippen LogP contribution >= 0.6 is 0 Å². The number of carbonyl (C=O) groups excluding carboxylic acids is 3. The average molecular weight is 407 g/mol. The SMILES string of the molecule is CC(OC(=O)c1ccccc1NCc1ccco1)C(=O)NNC(=O)c1ccccc1. The molecule has 0 radical (unpaired) electrons. The summed E-state index contributed by atoms with van der Waals surface area (Å²) in [4.78, 5) is 36.7. The minimum absolute atomic E-state index is 0.275. The fourth-order valence-corrected chi connectivity index (χ4v) is 2.57. The zero-order valence-corrected chi connectivity index (χ0v) is 16.3. The molecule has 0 aliphatic carbocycles. The Labute approximate surface area is 173 Å². The number of hydrogen-bond acceptors (Lipinski definition) is 6. The molecule has 1 atom stereocenters. The van der Waals surface area contributed by atoms with Crippen molar-refractivity contribution in [1.29, 1.82) is 0 Å². The van der Waals surface area contributed by atoms with Crippen molar-refractivity contribution in [2.75, 3.05) is 5.32 Å². The standard InChI is InChI=1S/C22H21N3O5/c1-15(20(26)24-25-21(27)16-8-3-2-4-9-16)30-22(28)18-11-5-6-12-19(18)23-14-17-10-7-13-29-17/h2-13,15,23H,14H2,1H3,(H,24,26)(H,25,27). The highest BCUT2D eigenvalue weighted by Gasteiger charge is 2.21. The second kappa shape index (κ2) is 9.92. The van der Waals surface area contributed by atoms with E-state index in [1.807, 2.05) is 6.07 Å². The van der Waals surface area contributed by atoms with Gasteiger partial charge < -0.3 is 14.5 Å². The number of rotatable bonds is 7. The maximum Gasteiger partial charge on any atom is 0.341 e. The molecule has 3 rings (SSSR count). The zero-order valence-electron chi connectivity index (χ0n) is 16.3. The number of ether oxygens (including phenoxy) is 1. The van der Waals surface area contributed by atoms with Crippen molar-refractivity contribution in [3.63, 3.8) is 0 Å². The third kappa shape index (κ3) is 5.48. The number of para-hydroxylation sites is 1. The van der Waals surface area contributed by atoms with Gasteiger partial charge in [0.15, 0.2) is 6.10 Å². The van der Waals surface area contributed by atoms with Gasteiger partial charge in [0.05, 0.1) is 18.4 Å². The Balaban J connectivity index is 1.54. The van der Waals surface area contributed by atoms with Crippen LogP contribution in [0.5, 0.6) is 0 Å². The molecule has 2 aromatic carbocycles. The summed E-state index contributed by atoms with van der Waals surface area (Å²) in [7, 11) is 0. The van der Waals surface area contributed by atoms with Crippen LogP contribution in [0, 0.1) is 0 Å². The van der Waals surface area contributed by atoms with Gasteiger partial charge in [-0.3, -0.25) is 20.4 Å². The molecule has 0 aliphatic heterocycles. The first-order valence-corrected chi connectivity index (χ1v) is 9.26. The zero-order chi connectivity index (χ0) is 21.3. The van der Waals surface area contributed by atoms with E-state index < -0.39 is 23.9 Å². The first-order chi connectivity index (χ1) is 14.5. The molecule has 1 unspecified atom stereocenters. The number of benzene rings is 2. The summed E-state index contributed by atoms with van der Waals surface area (Å²) in [6.45, 7) is 1.81. The number of esters is 1. The predicted molar refractivity (Wildman–Crippen MR) is 109 cm³/mol. The fourth-order valence-electron chi connectivity index (χ4n) is 2.57. The number of furan rings is 1. The van der Waals surface area contributed by atoms with E-state index in [-0.39, 0.29) is 5.56 Å². The normalized spacial score (nSPS) is 11.2. The first kappa shape index (κ1) is 20.7. The molecule has 3 N–H and O–H groups in total. The maximum atomic E-state index is 12.5. The smallest absolute Gasteiger partial charge is 0.341 e. The summed E-state index contributed by atoms with van der Waals surface area (Å²) >= 11 is 0. The van der Waals surface area contributed by atoms with Gasteiger partial charge in [-0.05, 0) is 43.3 Å². The Morgan fingerprint density at radius 1 is 0.933 bits per heavy atom. The van der Waals surface area contributed by atoms with Crippen LogP contribution < -0.4 is 16.2 Å². The van der Waals surface area contributed by atoms with Crippen molar-refractivity contribution >= 4 is 23.5 Å². The minimum Gasteiger partial charge on any atom is -0.467 e. The molecule has 1 aromatic heterocycles. The van der Waals surface area contributed by atoms with Crippen LogP contribution in [-0.4, -0.2) is 23.9 Å². The highest BCUT2D eigenvalue weighted by atomic mass is 16.5. The van der Waals surface area contributed by atoms with Crippen LogP contribution in [-0.2, 0) is 16.1 Å². The first-order valence-electron chi connectivity index (χ1n) is 9.26. The lowest BCUT2D eigenvalue weighted by Crippen LogP contribution is -2.46. The Morgan fingerprint density at radius 3 is 2.40 bits per heavy atom. The van der Waals surface area contributed by atoms with Gasteiger partial charge in [0, 0.05) is 11.3 Å². The Bertz CT molecular complexity index is 1000. The van der Waals surface area contributed by atoms with Crippen molar-refractivity contribution in [2.24, 2.45) is 0 Å². The van der Waals surface area contributed by atoms with Crippen LogP contribution in [0.2, 0.25) is 0 Å². The van der Waals surface area contributed by atoms with E-state index in [0.717, 1.165) is 0 Å². The summed E-state index contributed by atoms with van der Waals surface area (Å²) in [5.41, 5.74) is 5.75. The lowest BCUT2D eigenvalue weighted by Gasteiger charge is -2.16. The van der Waals surface area contributed by atoms with Crippen LogP contribution in [0.1, 0.15) is 33.4 Å². The molecule has 1 heterocycles. The van der Waals surface area contributed by atoms with E-state index in [1.54, 1.807) is 66.9 Å². The van der Waals surface area contributed by atoms with E-state index >= 15 is 0 Å². The quantitative estimate of drug-likeness (QED) is 0.410. The molecule has 2 amide bonds. The molecule has 0 saturated carbocycles.